The zero-order valence-electron chi connectivity index (χ0n) is 13.7. The summed E-state index contributed by atoms with van der Waals surface area (Å²) in [4.78, 5) is 18.6. The Morgan fingerprint density at radius 2 is 1.76 bits per heavy atom. The van der Waals surface area contributed by atoms with E-state index < -0.39 is 11.7 Å². The minimum absolute atomic E-state index is 0.0154. The number of hydrogen-bond acceptors (Lipinski definition) is 3. The van der Waals surface area contributed by atoms with E-state index in [-0.39, 0.29) is 12.1 Å². The molecule has 3 rings (SSSR count). The normalized spacial score (nSPS) is 10.3. The fourth-order valence-corrected chi connectivity index (χ4v) is 2.46. The third-order valence-corrected chi connectivity index (χ3v) is 3.77. The van der Waals surface area contributed by atoms with Crippen LogP contribution in [0.25, 0.3) is 0 Å². The molecular weight excluding hydrogens is 319 g/mol. The fourth-order valence-electron chi connectivity index (χ4n) is 2.46. The number of amides is 1. The number of ether oxygens (including phenoxy) is 1. The molecular formula is C20H17FN2O2. The van der Waals surface area contributed by atoms with E-state index in [1.54, 1.807) is 43.6 Å². The van der Waals surface area contributed by atoms with E-state index in [9.17, 15) is 9.18 Å². The van der Waals surface area contributed by atoms with Crippen molar-refractivity contribution in [3.63, 3.8) is 0 Å². The zero-order chi connectivity index (χ0) is 17.6. The van der Waals surface area contributed by atoms with Crippen LogP contribution in [0.5, 0.6) is 5.75 Å². The molecule has 1 amide bonds. The van der Waals surface area contributed by atoms with Gasteiger partial charge in [0, 0.05) is 6.20 Å². The summed E-state index contributed by atoms with van der Waals surface area (Å²) >= 11 is 0. The molecule has 0 aliphatic carbocycles. The number of halogens is 1. The molecule has 0 aliphatic rings. The highest BCUT2D eigenvalue weighted by Gasteiger charge is 2.21. The summed E-state index contributed by atoms with van der Waals surface area (Å²) in [5, 5.41) is 0. The summed E-state index contributed by atoms with van der Waals surface area (Å²) in [6, 6.07) is 18.6. The van der Waals surface area contributed by atoms with Crippen LogP contribution in [0.3, 0.4) is 0 Å². The first-order valence-electron chi connectivity index (χ1n) is 7.79. The molecule has 1 aromatic heterocycles. The fraction of sp³-hybridized carbons (Fsp3) is 0.100. The van der Waals surface area contributed by atoms with Gasteiger partial charge in [-0.25, -0.2) is 9.37 Å². The average Bonchev–Trinajstić information content (AvgIpc) is 2.67. The second kappa shape index (κ2) is 7.57. The highest BCUT2D eigenvalue weighted by Crippen LogP contribution is 2.20. The van der Waals surface area contributed by atoms with Crippen LogP contribution in [0.4, 0.5) is 10.2 Å². The van der Waals surface area contributed by atoms with Gasteiger partial charge >= 0.3 is 0 Å². The largest absolute Gasteiger partial charge is 0.497 e. The molecule has 0 spiro atoms. The van der Waals surface area contributed by atoms with Gasteiger partial charge < -0.3 is 4.74 Å². The summed E-state index contributed by atoms with van der Waals surface area (Å²) in [6.07, 6.45) is 1.60. The zero-order valence-corrected chi connectivity index (χ0v) is 13.7. The van der Waals surface area contributed by atoms with E-state index in [1.807, 2.05) is 24.3 Å². The topological polar surface area (TPSA) is 42.4 Å². The molecule has 0 unspecified atom stereocenters. The van der Waals surface area contributed by atoms with Crippen molar-refractivity contribution in [2.45, 2.75) is 6.54 Å². The Labute approximate surface area is 145 Å². The van der Waals surface area contributed by atoms with Crippen LogP contribution in [0, 0.1) is 5.82 Å². The third kappa shape index (κ3) is 3.83. The number of hydrogen-bond donors (Lipinski definition) is 0. The molecule has 5 heteroatoms. The summed E-state index contributed by atoms with van der Waals surface area (Å²) in [6.45, 7) is 0.272. The molecule has 2 aromatic carbocycles. The molecule has 0 N–H and O–H groups in total. The Morgan fingerprint density at radius 1 is 1.04 bits per heavy atom. The number of pyridine rings is 1. The van der Waals surface area contributed by atoms with Crippen molar-refractivity contribution in [3.05, 3.63) is 89.9 Å². The van der Waals surface area contributed by atoms with E-state index in [0.717, 1.165) is 11.3 Å². The van der Waals surface area contributed by atoms with Crippen LogP contribution >= 0.6 is 0 Å². The summed E-state index contributed by atoms with van der Waals surface area (Å²) in [7, 11) is 1.59. The van der Waals surface area contributed by atoms with Gasteiger partial charge in [0.1, 0.15) is 17.4 Å². The molecule has 0 saturated carbocycles. The van der Waals surface area contributed by atoms with Gasteiger partial charge in [-0.2, -0.15) is 0 Å². The molecule has 0 radical (unpaired) electrons. The van der Waals surface area contributed by atoms with Crippen LogP contribution < -0.4 is 9.64 Å². The number of nitrogens with zero attached hydrogens (tertiary/aromatic N) is 2. The number of methoxy groups -OCH3 is 1. The molecule has 0 aliphatic heterocycles. The lowest BCUT2D eigenvalue weighted by atomic mass is 10.1. The highest BCUT2D eigenvalue weighted by molar-refractivity contribution is 6.05. The number of rotatable bonds is 5. The summed E-state index contributed by atoms with van der Waals surface area (Å²) in [5.41, 5.74) is 0.901. The molecule has 0 fully saturated rings. The molecule has 4 nitrogen and oxygen atoms in total. The molecule has 1 heterocycles. The molecule has 126 valence electrons. The van der Waals surface area contributed by atoms with Gasteiger partial charge in [0.15, 0.2) is 0 Å². The van der Waals surface area contributed by atoms with Crippen LogP contribution in [0.2, 0.25) is 0 Å². The maximum Gasteiger partial charge on any atom is 0.262 e. The minimum atomic E-state index is -0.553. The number of aromatic nitrogens is 1. The molecule has 0 bridgehead atoms. The van der Waals surface area contributed by atoms with E-state index >= 15 is 0 Å². The van der Waals surface area contributed by atoms with Gasteiger partial charge in [0.25, 0.3) is 5.91 Å². The summed E-state index contributed by atoms with van der Waals surface area (Å²) in [5.74, 6) is 0.205. The first-order valence-corrected chi connectivity index (χ1v) is 7.79. The van der Waals surface area contributed by atoms with Crippen LogP contribution in [-0.2, 0) is 6.54 Å². The van der Waals surface area contributed by atoms with Gasteiger partial charge in [-0.3, -0.25) is 9.69 Å². The minimum Gasteiger partial charge on any atom is -0.497 e. The lowest BCUT2D eigenvalue weighted by molar-refractivity contribution is 0.0980. The van der Waals surface area contributed by atoms with Gasteiger partial charge in [-0.05, 0) is 42.0 Å². The second-order valence-corrected chi connectivity index (χ2v) is 5.41. The standard InChI is InChI=1S/C20H17FN2O2/c1-25-16-11-9-15(10-12-16)14-23(19-8-4-5-13-22-19)20(24)17-6-2-3-7-18(17)21/h2-13H,14H2,1H3. The van der Waals surface area contributed by atoms with Crippen LogP contribution in [0.15, 0.2) is 72.9 Å². The van der Waals surface area contributed by atoms with Crippen molar-refractivity contribution in [2.75, 3.05) is 12.0 Å². The Hall–Kier alpha value is -3.21. The number of carbonyl (C=O) groups is 1. The van der Waals surface area contributed by atoms with Gasteiger partial charge in [-0.1, -0.05) is 30.3 Å². The number of anilines is 1. The Balaban J connectivity index is 1.95. The molecule has 0 atom stereocenters. The van der Waals surface area contributed by atoms with E-state index in [4.69, 9.17) is 4.74 Å². The quantitative estimate of drug-likeness (QED) is 0.705. The lowest BCUT2D eigenvalue weighted by Crippen LogP contribution is -2.31. The Kier molecular flexibility index (Phi) is 5.04. The predicted molar refractivity (Wildman–Crippen MR) is 94.1 cm³/mol. The monoisotopic (exact) mass is 336 g/mol. The van der Waals surface area contributed by atoms with Crippen molar-refractivity contribution < 1.29 is 13.9 Å². The Bertz CT molecular complexity index is 851. The van der Waals surface area contributed by atoms with Crippen molar-refractivity contribution >= 4 is 11.7 Å². The predicted octanol–water partition coefficient (Wildman–Crippen LogP) is 4.08. The summed E-state index contributed by atoms with van der Waals surface area (Å²) < 4.78 is 19.2. The number of carbonyl (C=O) groups excluding carboxylic acids is 1. The van der Waals surface area contributed by atoms with Crippen LogP contribution in [-0.4, -0.2) is 18.0 Å². The third-order valence-electron chi connectivity index (χ3n) is 3.77. The molecule has 0 saturated heterocycles. The van der Waals surface area contributed by atoms with Crippen molar-refractivity contribution in [2.24, 2.45) is 0 Å². The molecule has 3 aromatic rings. The van der Waals surface area contributed by atoms with Crippen molar-refractivity contribution in [1.82, 2.24) is 4.98 Å². The average molecular weight is 336 g/mol. The van der Waals surface area contributed by atoms with E-state index in [0.29, 0.717) is 5.82 Å². The number of benzene rings is 2. The maximum absolute atomic E-state index is 14.1. The second-order valence-electron chi connectivity index (χ2n) is 5.41. The highest BCUT2D eigenvalue weighted by atomic mass is 19.1. The van der Waals surface area contributed by atoms with Gasteiger partial charge in [-0.15, -0.1) is 0 Å². The first kappa shape index (κ1) is 16.6. The Morgan fingerprint density at radius 3 is 2.40 bits per heavy atom. The van der Waals surface area contributed by atoms with Gasteiger partial charge in [0.2, 0.25) is 0 Å². The maximum atomic E-state index is 14.1. The SMILES string of the molecule is COc1ccc(CN(C(=O)c2ccccc2F)c2ccccn2)cc1. The van der Waals surface area contributed by atoms with Crippen LogP contribution in [0.1, 0.15) is 15.9 Å². The van der Waals surface area contributed by atoms with E-state index in [1.165, 1.54) is 17.0 Å². The van der Waals surface area contributed by atoms with Crippen molar-refractivity contribution in [1.29, 1.82) is 0 Å². The van der Waals surface area contributed by atoms with Gasteiger partial charge in [0.05, 0.1) is 19.2 Å². The molecule has 25 heavy (non-hydrogen) atoms. The smallest absolute Gasteiger partial charge is 0.262 e. The lowest BCUT2D eigenvalue weighted by Gasteiger charge is -2.22. The first-order chi connectivity index (χ1) is 12.2. The van der Waals surface area contributed by atoms with E-state index in [2.05, 4.69) is 4.98 Å². The van der Waals surface area contributed by atoms with Crippen molar-refractivity contribution in [3.8, 4) is 5.75 Å².